The third-order valence-corrected chi connectivity index (χ3v) is 8.92. The highest BCUT2D eigenvalue weighted by Gasteiger charge is 2.28. The number of benzene rings is 2. The van der Waals surface area contributed by atoms with Gasteiger partial charge >= 0.3 is 6.09 Å². The smallest absolute Gasteiger partial charge is 0.410 e. The highest BCUT2D eigenvalue weighted by molar-refractivity contribution is 6.35. The predicted octanol–water partition coefficient (Wildman–Crippen LogP) is 6.13. The molecule has 1 aliphatic rings. The van der Waals surface area contributed by atoms with Crippen LogP contribution in [-0.2, 0) is 22.6 Å². The Kier molecular flexibility index (Phi) is 12.5. The number of methoxy groups -OCH3 is 1. The number of hydrogen-bond acceptors (Lipinski definition) is 9. The molecule has 3 amide bonds. The topological polar surface area (TPSA) is 155 Å². The van der Waals surface area contributed by atoms with Gasteiger partial charge in [0.15, 0.2) is 0 Å². The Bertz CT molecular complexity index is 1910. The molecular formula is C39H45ClN6O6. The predicted molar refractivity (Wildman–Crippen MR) is 200 cm³/mol. The molecule has 4 aromatic rings. The van der Waals surface area contributed by atoms with E-state index in [0.717, 1.165) is 27.8 Å². The number of aromatic nitrogens is 2. The zero-order chi connectivity index (χ0) is 37.4. The number of aliphatic hydroxyl groups excluding tert-OH is 1. The molecule has 12 nitrogen and oxygen atoms in total. The maximum atomic E-state index is 13.4. The van der Waals surface area contributed by atoms with Gasteiger partial charge in [-0.05, 0) is 75.1 Å². The number of ether oxygens (including phenoxy) is 2. The normalized spacial score (nSPS) is 14.1. The minimum atomic E-state index is -0.686. The van der Waals surface area contributed by atoms with Crippen molar-refractivity contribution < 1.29 is 29.0 Å². The monoisotopic (exact) mass is 728 g/mol. The Hall–Kier alpha value is -5.04. The summed E-state index contributed by atoms with van der Waals surface area (Å²) in [5.74, 6) is 0.243. The van der Waals surface area contributed by atoms with Crippen LogP contribution in [0.2, 0.25) is 5.02 Å². The number of rotatable bonds is 13. The van der Waals surface area contributed by atoms with E-state index in [9.17, 15) is 14.4 Å². The fourth-order valence-electron chi connectivity index (χ4n) is 5.93. The van der Waals surface area contributed by atoms with Gasteiger partial charge in [0.2, 0.25) is 5.91 Å². The number of nitrogens with zero attached hydrogens (tertiary/aromatic N) is 3. The van der Waals surface area contributed by atoms with Gasteiger partial charge in [-0.15, -0.1) is 0 Å². The van der Waals surface area contributed by atoms with Crippen LogP contribution in [0.15, 0.2) is 67.0 Å². The van der Waals surface area contributed by atoms with E-state index in [1.54, 1.807) is 57.3 Å². The average molecular weight is 729 g/mol. The summed E-state index contributed by atoms with van der Waals surface area (Å²) in [6.07, 6.45) is 3.83. The molecule has 13 heteroatoms. The largest absolute Gasteiger partial charge is 0.496 e. The number of carbonyl (C=O) groups excluding carboxylic acids is 3. The number of amides is 3. The van der Waals surface area contributed by atoms with Gasteiger partial charge in [-0.2, -0.15) is 0 Å². The zero-order valence-corrected chi connectivity index (χ0v) is 30.8. The first-order chi connectivity index (χ1) is 24.9. The van der Waals surface area contributed by atoms with Crippen LogP contribution in [0.5, 0.6) is 5.75 Å². The van der Waals surface area contributed by atoms with E-state index in [1.165, 1.54) is 0 Å². The molecule has 2 aromatic carbocycles. The van der Waals surface area contributed by atoms with Crippen LogP contribution < -0.4 is 20.7 Å². The minimum absolute atomic E-state index is 0.0348. The highest BCUT2D eigenvalue weighted by atomic mass is 35.5. The van der Waals surface area contributed by atoms with Gasteiger partial charge in [-0.1, -0.05) is 41.9 Å². The lowest BCUT2D eigenvalue weighted by atomic mass is 9.97. The lowest BCUT2D eigenvalue weighted by molar-refractivity contribution is -0.119. The summed E-state index contributed by atoms with van der Waals surface area (Å²) in [7, 11) is 1.61. The summed E-state index contributed by atoms with van der Waals surface area (Å²) >= 11 is 7.01. The standard InChI is InChI=1S/C39H45ClN6O6/c1-24-29(30-15-16-42-36(35(30)40)26-10-11-27(21-41-17-18-47)33(19-26)51-5)7-6-8-31(24)45-37(49)32-13-9-25(20-43-32)22-46(38(50)52-39(2,3)4)23-28-12-14-34(48)44-28/h6-11,13,15-16,19-20,28,41,47H,12,14,17-18,21-23H2,1-5H3,(H,44,48)(H,45,49)/t28-/m0/s1. The fourth-order valence-corrected chi connectivity index (χ4v) is 6.25. The van der Waals surface area contributed by atoms with E-state index >= 15 is 0 Å². The molecule has 1 fully saturated rings. The van der Waals surface area contributed by atoms with Crippen molar-refractivity contribution in [3.63, 3.8) is 0 Å². The molecule has 0 unspecified atom stereocenters. The summed E-state index contributed by atoms with van der Waals surface area (Å²) in [6, 6.07) is 16.4. The Morgan fingerprint density at radius 1 is 1.10 bits per heavy atom. The zero-order valence-electron chi connectivity index (χ0n) is 30.1. The van der Waals surface area contributed by atoms with Crippen molar-refractivity contribution in [2.75, 3.05) is 32.1 Å². The Balaban J connectivity index is 1.31. The molecule has 0 spiro atoms. The molecule has 0 aliphatic carbocycles. The molecule has 3 heterocycles. The maximum absolute atomic E-state index is 13.4. The van der Waals surface area contributed by atoms with Crippen molar-refractivity contribution in [3.8, 4) is 28.1 Å². The number of pyridine rings is 2. The number of anilines is 1. The molecule has 4 N–H and O–H groups in total. The van der Waals surface area contributed by atoms with Crippen LogP contribution in [0.1, 0.15) is 60.8 Å². The molecule has 274 valence electrons. The first-order valence-electron chi connectivity index (χ1n) is 17.1. The molecule has 5 rings (SSSR count). The Morgan fingerprint density at radius 3 is 2.58 bits per heavy atom. The van der Waals surface area contributed by atoms with Crippen LogP contribution in [0.25, 0.3) is 22.4 Å². The van der Waals surface area contributed by atoms with E-state index in [2.05, 4.69) is 25.9 Å². The number of carbonyl (C=O) groups is 3. The van der Waals surface area contributed by atoms with Crippen molar-refractivity contribution in [1.82, 2.24) is 25.5 Å². The highest BCUT2D eigenvalue weighted by Crippen LogP contribution is 2.39. The van der Waals surface area contributed by atoms with Gasteiger partial charge < -0.3 is 35.4 Å². The Labute approximate surface area is 308 Å². The van der Waals surface area contributed by atoms with Gasteiger partial charge in [0, 0.05) is 66.9 Å². The first-order valence-corrected chi connectivity index (χ1v) is 17.5. The van der Waals surface area contributed by atoms with Crippen molar-refractivity contribution in [1.29, 1.82) is 0 Å². The van der Waals surface area contributed by atoms with Gasteiger partial charge in [-0.3, -0.25) is 19.6 Å². The number of nitrogens with one attached hydrogen (secondary N) is 3. The summed E-state index contributed by atoms with van der Waals surface area (Å²) < 4.78 is 11.2. The number of aliphatic hydroxyl groups is 1. The molecule has 0 bridgehead atoms. The second-order valence-corrected chi connectivity index (χ2v) is 14.0. The lowest BCUT2D eigenvalue weighted by Gasteiger charge is -2.29. The fraction of sp³-hybridized carbons (Fsp3) is 0.359. The maximum Gasteiger partial charge on any atom is 0.410 e. The van der Waals surface area contributed by atoms with Gasteiger partial charge in [0.1, 0.15) is 17.0 Å². The van der Waals surface area contributed by atoms with Crippen LogP contribution in [0.4, 0.5) is 10.5 Å². The second-order valence-electron chi connectivity index (χ2n) is 13.6. The summed E-state index contributed by atoms with van der Waals surface area (Å²) in [6.45, 7) is 8.87. The van der Waals surface area contributed by atoms with Crippen molar-refractivity contribution in [2.45, 2.75) is 65.3 Å². The van der Waals surface area contributed by atoms with Gasteiger partial charge in [-0.25, -0.2) is 4.79 Å². The van der Waals surface area contributed by atoms with Crippen molar-refractivity contribution >= 4 is 35.2 Å². The average Bonchev–Trinajstić information content (AvgIpc) is 3.53. The quantitative estimate of drug-likeness (QED) is 0.119. The van der Waals surface area contributed by atoms with E-state index in [4.69, 9.17) is 26.2 Å². The summed E-state index contributed by atoms with van der Waals surface area (Å²) in [4.78, 5) is 48.7. The Morgan fingerprint density at radius 2 is 1.90 bits per heavy atom. The van der Waals surface area contributed by atoms with Crippen LogP contribution in [0, 0.1) is 6.92 Å². The summed E-state index contributed by atoms with van der Waals surface area (Å²) in [5.41, 5.74) is 5.51. The van der Waals surface area contributed by atoms with Crippen LogP contribution in [-0.4, -0.2) is 76.3 Å². The summed E-state index contributed by atoms with van der Waals surface area (Å²) in [5, 5.41) is 18.6. The molecule has 0 saturated carbocycles. The van der Waals surface area contributed by atoms with Crippen LogP contribution in [0.3, 0.4) is 0 Å². The van der Waals surface area contributed by atoms with E-state index < -0.39 is 17.6 Å². The van der Waals surface area contributed by atoms with Crippen molar-refractivity contribution in [3.05, 3.63) is 94.4 Å². The third kappa shape index (κ3) is 9.64. The first kappa shape index (κ1) is 38.2. The van der Waals surface area contributed by atoms with E-state index in [1.807, 2.05) is 49.4 Å². The third-order valence-electron chi connectivity index (χ3n) is 8.53. The molecular weight excluding hydrogens is 684 g/mol. The number of hydrogen-bond donors (Lipinski definition) is 4. The molecule has 1 saturated heterocycles. The minimum Gasteiger partial charge on any atom is -0.496 e. The van der Waals surface area contributed by atoms with E-state index in [0.29, 0.717) is 60.2 Å². The molecule has 52 heavy (non-hydrogen) atoms. The molecule has 1 atom stereocenters. The SMILES string of the molecule is COc1cc(-c2nccc(-c3cccc(NC(=O)c4ccc(CN(C[C@@H]5CCC(=O)N5)C(=O)OC(C)(C)C)cn4)c3C)c2Cl)ccc1CNCCO. The van der Waals surface area contributed by atoms with Gasteiger partial charge in [0.25, 0.3) is 5.91 Å². The molecule has 0 radical (unpaired) electrons. The van der Waals surface area contributed by atoms with E-state index in [-0.39, 0.29) is 30.8 Å². The second kappa shape index (κ2) is 17.0. The molecule has 1 aliphatic heterocycles. The number of halogens is 1. The van der Waals surface area contributed by atoms with Crippen molar-refractivity contribution in [2.24, 2.45) is 0 Å². The van der Waals surface area contributed by atoms with Crippen LogP contribution >= 0.6 is 11.6 Å². The molecule has 2 aromatic heterocycles. The van der Waals surface area contributed by atoms with Gasteiger partial charge in [0.05, 0.1) is 31.0 Å². The lowest BCUT2D eigenvalue weighted by Crippen LogP contribution is -2.43.